The van der Waals surface area contributed by atoms with Crippen molar-refractivity contribution in [3.63, 3.8) is 0 Å². The second kappa shape index (κ2) is 5.42. The molecule has 2 rings (SSSR count). The molecule has 3 heteroatoms. The van der Waals surface area contributed by atoms with Crippen molar-refractivity contribution in [1.82, 2.24) is 5.32 Å². The molecule has 0 aromatic heterocycles. The first kappa shape index (κ1) is 10.8. The van der Waals surface area contributed by atoms with Crippen molar-refractivity contribution in [1.29, 1.82) is 0 Å². The van der Waals surface area contributed by atoms with E-state index in [2.05, 4.69) is 23.5 Å². The van der Waals surface area contributed by atoms with Gasteiger partial charge >= 0.3 is 0 Å². The number of piperidine rings is 1. The minimum Gasteiger partial charge on any atom is -0.497 e. The van der Waals surface area contributed by atoms with Gasteiger partial charge in [-0.15, -0.1) is 11.8 Å². The standard InChI is InChI=1S/C12H17NOS/c1-14-10-4-2-5-11(8-10)15-12-6-3-7-13-9-12/h2,4-5,8,12-13H,3,6-7,9H2,1H3. The molecule has 1 aromatic rings. The number of ether oxygens (including phenoxy) is 1. The summed E-state index contributed by atoms with van der Waals surface area (Å²) >= 11 is 1.95. The smallest absolute Gasteiger partial charge is 0.119 e. The number of rotatable bonds is 3. The van der Waals surface area contributed by atoms with E-state index in [0.717, 1.165) is 12.3 Å². The molecule has 2 nitrogen and oxygen atoms in total. The number of methoxy groups -OCH3 is 1. The third kappa shape index (κ3) is 3.14. The Labute approximate surface area is 95.4 Å². The first-order valence-corrected chi connectivity index (χ1v) is 6.28. The van der Waals surface area contributed by atoms with Gasteiger partial charge < -0.3 is 10.1 Å². The van der Waals surface area contributed by atoms with Crippen molar-refractivity contribution in [3.8, 4) is 5.75 Å². The Bertz CT molecular complexity index is 310. The highest BCUT2D eigenvalue weighted by Gasteiger charge is 2.13. The van der Waals surface area contributed by atoms with E-state index in [9.17, 15) is 0 Å². The molecule has 1 fully saturated rings. The van der Waals surface area contributed by atoms with Gasteiger partial charge in [-0.2, -0.15) is 0 Å². The number of nitrogens with one attached hydrogen (secondary N) is 1. The highest BCUT2D eigenvalue weighted by Crippen LogP contribution is 2.29. The van der Waals surface area contributed by atoms with Gasteiger partial charge in [0.2, 0.25) is 0 Å². The Hall–Kier alpha value is -0.670. The molecule has 0 bridgehead atoms. The summed E-state index contributed by atoms with van der Waals surface area (Å²) in [6.07, 6.45) is 2.61. The summed E-state index contributed by atoms with van der Waals surface area (Å²) < 4.78 is 5.22. The lowest BCUT2D eigenvalue weighted by Crippen LogP contribution is -2.31. The molecule has 1 heterocycles. The molecule has 0 amide bonds. The normalized spacial score (nSPS) is 21.3. The molecule has 0 aliphatic carbocycles. The second-order valence-electron chi connectivity index (χ2n) is 3.77. The van der Waals surface area contributed by atoms with Crippen LogP contribution in [0.1, 0.15) is 12.8 Å². The van der Waals surface area contributed by atoms with Crippen LogP contribution in [0.2, 0.25) is 0 Å². The van der Waals surface area contributed by atoms with Crippen molar-refractivity contribution >= 4 is 11.8 Å². The Morgan fingerprint density at radius 2 is 2.40 bits per heavy atom. The summed E-state index contributed by atoms with van der Waals surface area (Å²) in [5.41, 5.74) is 0. The quantitative estimate of drug-likeness (QED) is 0.851. The molecule has 1 unspecified atom stereocenters. The average Bonchev–Trinajstić information content (AvgIpc) is 2.31. The highest BCUT2D eigenvalue weighted by molar-refractivity contribution is 8.00. The van der Waals surface area contributed by atoms with Gasteiger partial charge in [-0.1, -0.05) is 6.07 Å². The van der Waals surface area contributed by atoms with Crippen LogP contribution in [0.25, 0.3) is 0 Å². The van der Waals surface area contributed by atoms with Crippen LogP contribution in [0, 0.1) is 0 Å². The Balaban J connectivity index is 1.96. The van der Waals surface area contributed by atoms with Crippen LogP contribution in [0.5, 0.6) is 5.75 Å². The predicted molar refractivity (Wildman–Crippen MR) is 64.7 cm³/mol. The third-order valence-corrected chi connectivity index (χ3v) is 3.86. The lowest BCUT2D eigenvalue weighted by molar-refractivity contribution is 0.413. The van der Waals surface area contributed by atoms with E-state index in [-0.39, 0.29) is 0 Å². The zero-order valence-electron chi connectivity index (χ0n) is 9.03. The first-order valence-electron chi connectivity index (χ1n) is 5.40. The van der Waals surface area contributed by atoms with Crippen LogP contribution in [-0.2, 0) is 0 Å². The zero-order valence-corrected chi connectivity index (χ0v) is 9.85. The van der Waals surface area contributed by atoms with E-state index in [4.69, 9.17) is 4.74 Å². The molecule has 15 heavy (non-hydrogen) atoms. The highest BCUT2D eigenvalue weighted by atomic mass is 32.2. The first-order chi connectivity index (χ1) is 7.38. The summed E-state index contributed by atoms with van der Waals surface area (Å²) in [6.45, 7) is 2.30. The van der Waals surface area contributed by atoms with Gasteiger partial charge in [-0.3, -0.25) is 0 Å². The van der Waals surface area contributed by atoms with Crippen molar-refractivity contribution in [2.24, 2.45) is 0 Å². The zero-order chi connectivity index (χ0) is 10.5. The van der Waals surface area contributed by atoms with Gasteiger partial charge in [-0.25, -0.2) is 0 Å². The summed E-state index contributed by atoms with van der Waals surface area (Å²) in [7, 11) is 1.71. The van der Waals surface area contributed by atoms with E-state index in [1.165, 1.54) is 24.3 Å². The van der Waals surface area contributed by atoms with Crippen LogP contribution in [-0.4, -0.2) is 25.4 Å². The minimum absolute atomic E-state index is 0.714. The van der Waals surface area contributed by atoms with Crippen molar-refractivity contribution in [2.45, 2.75) is 23.0 Å². The topological polar surface area (TPSA) is 21.3 Å². The van der Waals surface area contributed by atoms with Crippen LogP contribution in [0.4, 0.5) is 0 Å². The molecular weight excluding hydrogens is 206 g/mol. The molecule has 1 aliphatic rings. The number of benzene rings is 1. The monoisotopic (exact) mass is 223 g/mol. The van der Waals surface area contributed by atoms with E-state index in [1.807, 2.05) is 17.8 Å². The number of thioether (sulfide) groups is 1. The van der Waals surface area contributed by atoms with Gasteiger partial charge in [0.05, 0.1) is 7.11 Å². The fourth-order valence-corrected chi connectivity index (χ4v) is 3.00. The summed E-state index contributed by atoms with van der Waals surface area (Å²) in [5.74, 6) is 0.948. The maximum atomic E-state index is 5.22. The summed E-state index contributed by atoms with van der Waals surface area (Å²) in [5, 5.41) is 4.15. The van der Waals surface area contributed by atoms with Crippen molar-refractivity contribution in [3.05, 3.63) is 24.3 Å². The molecule has 1 aromatic carbocycles. The van der Waals surface area contributed by atoms with E-state index >= 15 is 0 Å². The average molecular weight is 223 g/mol. The molecule has 82 valence electrons. The fourth-order valence-electron chi connectivity index (χ4n) is 1.79. The largest absolute Gasteiger partial charge is 0.497 e. The van der Waals surface area contributed by atoms with E-state index in [1.54, 1.807) is 7.11 Å². The maximum absolute atomic E-state index is 5.22. The van der Waals surface area contributed by atoms with E-state index in [0.29, 0.717) is 5.25 Å². The Morgan fingerprint density at radius 3 is 3.13 bits per heavy atom. The molecule has 1 atom stereocenters. The minimum atomic E-state index is 0.714. The number of hydrogen-bond acceptors (Lipinski definition) is 3. The van der Waals surface area contributed by atoms with Gasteiger partial charge in [0.1, 0.15) is 5.75 Å². The third-order valence-electron chi connectivity index (χ3n) is 2.60. The summed E-state index contributed by atoms with van der Waals surface area (Å²) in [4.78, 5) is 1.31. The van der Waals surface area contributed by atoms with Crippen molar-refractivity contribution < 1.29 is 4.74 Å². The second-order valence-corrected chi connectivity index (χ2v) is 5.14. The fraction of sp³-hybridized carbons (Fsp3) is 0.500. The molecule has 1 N–H and O–H groups in total. The summed E-state index contributed by atoms with van der Waals surface area (Å²) in [6, 6.07) is 8.31. The molecule has 0 radical (unpaired) electrons. The van der Waals surface area contributed by atoms with Crippen LogP contribution < -0.4 is 10.1 Å². The molecule has 0 saturated carbocycles. The predicted octanol–water partition coefficient (Wildman–Crippen LogP) is 2.54. The number of hydrogen-bond donors (Lipinski definition) is 1. The van der Waals surface area contributed by atoms with Gasteiger partial charge in [0.15, 0.2) is 0 Å². The molecule has 0 spiro atoms. The van der Waals surface area contributed by atoms with E-state index < -0.39 is 0 Å². The SMILES string of the molecule is COc1cccc(SC2CCCNC2)c1. The lowest BCUT2D eigenvalue weighted by atomic mass is 10.2. The lowest BCUT2D eigenvalue weighted by Gasteiger charge is -2.22. The van der Waals surface area contributed by atoms with Gasteiger partial charge in [-0.05, 0) is 37.6 Å². The van der Waals surface area contributed by atoms with Gasteiger partial charge in [0.25, 0.3) is 0 Å². The maximum Gasteiger partial charge on any atom is 0.119 e. The van der Waals surface area contributed by atoms with Crippen LogP contribution >= 0.6 is 11.8 Å². The van der Waals surface area contributed by atoms with Crippen LogP contribution in [0.3, 0.4) is 0 Å². The van der Waals surface area contributed by atoms with Crippen molar-refractivity contribution in [2.75, 3.05) is 20.2 Å². The Kier molecular flexibility index (Phi) is 3.92. The molecule has 1 saturated heterocycles. The Morgan fingerprint density at radius 1 is 1.47 bits per heavy atom. The molecule has 1 aliphatic heterocycles. The van der Waals surface area contributed by atoms with Gasteiger partial charge in [0, 0.05) is 16.7 Å². The van der Waals surface area contributed by atoms with Crippen LogP contribution in [0.15, 0.2) is 29.2 Å². The molecular formula is C12H17NOS.